The first-order valence-electron chi connectivity index (χ1n) is 12.9. The standard InChI is InChI=1S/C28H36F6O4/c1-16-19(14-20(35)15-24(16)37)9-8-18-6-4-12-25(3)21(10-11-22(18)25)17(2)23(36)7-5-13-26(38,27(29,30)31)28(32,33)34/h8-9,17,20-24,35-38H,1,4,6-7,10-12,14-15H2,2-3H3/b18-8+,19-9-/t17-,20+,21+,22-,23-,24-,25+/m0/s1. The average Bonchev–Trinajstić information content (AvgIpc) is 3.15. The number of aliphatic hydroxyl groups excluding tert-OH is 3. The van der Waals surface area contributed by atoms with E-state index in [2.05, 4.69) is 13.5 Å². The molecule has 0 aromatic carbocycles. The number of alkyl halides is 6. The van der Waals surface area contributed by atoms with Crippen molar-refractivity contribution in [2.24, 2.45) is 23.2 Å². The molecule has 3 saturated carbocycles. The van der Waals surface area contributed by atoms with Crippen molar-refractivity contribution in [3.8, 4) is 11.8 Å². The van der Waals surface area contributed by atoms with Crippen LogP contribution in [0.5, 0.6) is 0 Å². The van der Waals surface area contributed by atoms with Crippen LogP contribution in [0, 0.1) is 35.0 Å². The molecular formula is C28H36F6O4. The fraction of sp³-hybridized carbons (Fsp3) is 0.714. The lowest BCUT2D eigenvalue weighted by molar-refractivity contribution is -0.343. The van der Waals surface area contributed by atoms with E-state index < -0.39 is 48.6 Å². The highest BCUT2D eigenvalue weighted by atomic mass is 19.4. The van der Waals surface area contributed by atoms with Crippen LogP contribution in [-0.2, 0) is 0 Å². The van der Waals surface area contributed by atoms with E-state index >= 15 is 0 Å². The Morgan fingerprint density at radius 1 is 1.11 bits per heavy atom. The van der Waals surface area contributed by atoms with Crippen LogP contribution in [0.4, 0.5) is 26.3 Å². The van der Waals surface area contributed by atoms with Gasteiger partial charge in [-0.1, -0.05) is 44.1 Å². The number of hydrogen-bond donors (Lipinski definition) is 4. The zero-order valence-corrected chi connectivity index (χ0v) is 21.5. The molecule has 10 heteroatoms. The molecule has 0 aromatic heterocycles. The number of fused-ring (bicyclic) bond motifs is 1. The molecule has 7 atom stereocenters. The summed E-state index contributed by atoms with van der Waals surface area (Å²) in [6, 6.07) is 0. The highest BCUT2D eigenvalue weighted by molar-refractivity contribution is 5.38. The van der Waals surface area contributed by atoms with Crippen LogP contribution in [0.1, 0.15) is 65.2 Å². The molecule has 0 heterocycles. The number of rotatable bonds is 4. The fourth-order valence-corrected chi connectivity index (χ4v) is 6.65. The van der Waals surface area contributed by atoms with Gasteiger partial charge in [0, 0.05) is 12.8 Å². The molecule has 214 valence electrons. The van der Waals surface area contributed by atoms with Crippen molar-refractivity contribution >= 4 is 0 Å². The number of allylic oxidation sites excluding steroid dienone is 3. The van der Waals surface area contributed by atoms with Gasteiger partial charge < -0.3 is 20.4 Å². The molecule has 0 amide bonds. The molecule has 0 spiro atoms. The molecule has 0 radical (unpaired) electrons. The maximum atomic E-state index is 12.9. The van der Waals surface area contributed by atoms with Crippen molar-refractivity contribution in [2.45, 2.75) is 101 Å². The molecular weight excluding hydrogens is 514 g/mol. The van der Waals surface area contributed by atoms with Crippen molar-refractivity contribution in [3.05, 3.63) is 35.5 Å². The van der Waals surface area contributed by atoms with Crippen molar-refractivity contribution in [1.82, 2.24) is 0 Å². The van der Waals surface area contributed by atoms with Gasteiger partial charge in [-0.3, -0.25) is 0 Å². The van der Waals surface area contributed by atoms with E-state index in [1.54, 1.807) is 12.8 Å². The number of halogens is 6. The monoisotopic (exact) mass is 550 g/mol. The summed E-state index contributed by atoms with van der Waals surface area (Å²) in [5.41, 5.74) is -2.78. The van der Waals surface area contributed by atoms with Crippen molar-refractivity contribution in [2.75, 3.05) is 0 Å². The van der Waals surface area contributed by atoms with Gasteiger partial charge in [-0.15, -0.1) is 0 Å². The smallest absolute Gasteiger partial charge is 0.393 e. The summed E-state index contributed by atoms with van der Waals surface area (Å²) in [4.78, 5) is 0. The molecule has 0 aliphatic heterocycles. The first-order chi connectivity index (χ1) is 17.4. The summed E-state index contributed by atoms with van der Waals surface area (Å²) < 4.78 is 77.2. The first kappa shape index (κ1) is 30.7. The Labute approximate surface area is 219 Å². The predicted molar refractivity (Wildman–Crippen MR) is 129 cm³/mol. The van der Waals surface area contributed by atoms with Crippen LogP contribution in [0.15, 0.2) is 35.5 Å². The molecule has 4 N–H and O–H groups in total. The molecule has 3 rings (SSSR count). The Hall–Kier alpha value is -1.80. The van der Waals surface area contributed by atoms with E-state index in [1.165, 1.54) is 5.57 Å². The van der Waals surface area contributed by atoms with Crippen LogP contribution in [0.3, 0.4) is 0 Å². The zero-order valence-electron chi connectivity index (χ0n) is 21.5. The van der Waals surface area contributed by atoms with Gasteiger partial charge in [0.15, 0.2) is 0 Å². The largest absolute Gasteiger partial charge is 0.438 e. The minimum Gasteiger partial charge on any atom is -0.393 e. The van der Waals surface area contributed by atoms with Gasteiger partial charge in [-0.05, 0) is 78.8 Å². The van der Waals surface area contributed by atoms with Crippen molar-refractivity contribution < 1.29 is 46.8 Å². The topological polar surface area (TPSA) is 80.9 Å². The lowest BCUT2D eigenvalue weighted by atomic mass is 9.60. The highest BCUT2D eigenvalue weighted by Crippen LogP contribution is 2.60. The van der Waals surface area contributed by atoms with E-state index in [4.69, 9.17) is 0 Å². The third kappa shape index (κ3) is 5.86. The molecule has 3 fully saturated rings. The molecule has 3 aliphatic rings. The highest BCUT2D eigenvalue weighted by Gasteiger charge is 2.70. The predicted octanol–water partition coefficient (Wildman–Crippen LogP) is 5.37. The van der Waals surface area contributed by atoms with Crippen LogP contribution >= 0.6 is 0 Å². The molecule has 3 aliphatic carbocycles. The van der Waals surface area contributed by atoms with Crippen LogP contribution in [-0.4, -0.2) is 56.7 Å². The maximum Gasteiger partial charge on any atom is 0.438 e. The third-order valence-electron chi connectivity index (χ3n) is 8.94. The zero-order chi connectivity index (χ0) is 28.7. The van der Waals surface area contributed by atoms with Crippen LogP contribution in [0.25, 0.3) is 0 Å². The Balaban J connectivity index is 1.75. The normalized spacial score (nSPS) is 34.6. The molecule has 0 aromatic rings. The van der Waals surface area contributed by atoms with E-state index in [0.717, 1.165) is 43.6 Å². The fourth-order valence-electron chi connectivity index (χ4n) is 6.65. The Bertz CT molecular complexity index is 1000. The minimum absolute atomic E-state index is 0.0296. The number of aliphatic hydroxyl groups is 4. The second kappa shape index (κ2) is 11.0. The minimum atomic E-state index is -6.03. The number of hydrogen-bond acceptors (Lipinski definition) is 4. The van der Waals surface area contributed by atoms with Crippen molar-refractivity contribution in [3.63, 3.8) is 0 Å². The van der Waals surface area contributed by atoms with Gasteiger partial charge in [0.1, 0.15) is 0 Å². The SMILES string of the molecule is C=C1/C(=C\C=C2/CCC[C@]3(C)[C@@H]([C@H](C)[C@@H](O)CC#CC(O)(C(F)(F)F)C(F)(F)F)CC[C@@H]23)C[C@@H](O)C[C@@H]1O. The van der Waals surface area contributed by atoms with Crippen LogP contribution < -0.4 is 0 Å². The summed E-state index contributed by atoms with van der Waals surface area (Å²) in [6.45, 7) is 7.79. The van der Waals surface area contributed by atoms with Crippen molar-refractivity contribution in [1.29, 1.82) is 0 Å². The summed E-state index contributed by atoms with van der Waals surface area (Å²) >= 11 is 0. The summed E-state index contributed by atoms with van der Waals surface area (Å²) in [5, 5.41) is 40.0. The lowest BCUT2D eigenvalue weighted by Crippen LogP contribution is -2.55. The quantitative estimate of drug-likeness (QED) is 0.280. The van der Waals surface area contributed by atoms with E-state index in [-0.39, 0.29) is 23.7 Å². The van der Waals surface area contributed by atoms with Gasteiger partial charge >= 0.3 is 18.0 Å². The van der Waals surface area contributed by atoms with Crippen LogP contribution in [0.2, 0.25) is 0 Å². The summed E-state index contributed by atoms with van der Waals surface area (Å²) in [5.74, 6) is 2.38. The third-order valence-corrected chi connectivity index (χ3v) is 8.94. The molecule has 0 unspecified atom stereocenters. The molecule has 0 saturated heterocycles. The van der Waals surface area contributed by atoms with E-state index in [1.807, 2.05) is 12.2 Å². The molecule has 4 nitrogen and oxygen atoms in total. The Morgan fingerprint density at radius 3 is 2.34 bits per heavy atom. The maximum absolute atomic E-state index is 12.9. The lowest BCUT2D eigenvalue weighted by Gasteiger charge is -2.45. The Morgan fingerprint density at radius 2 is 1.74 bits per heavy atom. The van der Waals surface area contributed by atoms with E-state index in [9.17, 15) is 46.8 Å². The second-order valence-electron chi connectivity index (χ2n) is 11.3. The van der Waals surface area contributed by atoms with Gasteiger partial charge in [-0.2, -0.15) is 26.3 Å². The molecule has 38 heavy (non-hydrogen) atoms. The average molecular weight is 551 g/mol. The van der Waals surface area contributed by atoms with Gasteiger partial charge in [0.2, 0.25) is 0 Å². The molecule has 0 bridgehead atoms. The van der Waals surface area contributed by atoms with Gasteiger partial charge in [-0.25, -0.2) is 0 Å². The van der Waals surface area contributed by atoms with Gasteiger partial charge in [0.05, 0.1) is 18.3 Å². The van der Waals surface area contributed by atoms with E-state index in [0.29, 0.717) is 12.0 Å². The first-order valence-corrected chi connectivity index (χ1v) is 12.9. The summed E-state index contributed by atoms with van der Waals surface area (Å²) in [7, 11) is 0. The second-order valence-corrected chi connectivity index (χ2v) is 11.3. The Kier molecular flexibility index (Phi) is 8.89. The summed E-state index contributed by atoms with van der Waals surface area (Å²) in [6.07, 6.45) is -6.60. The van der Waals surface area contributed by atoms with Gasteiger partial charge in [0.25, 0.3) is 0 Å².